The Labute approximate surface area is 164 Å². The number of likely N-dealkylation sites (N-methyl/N-ethyl adjacent to an activating group) is 1. The maximum absolute atomic E-state index is 12.2. The van der Waals surface area contributed by atoms with Crippen LogP contribution in [0.4, 0.5) is 5.69 Å². The lowest BCUT2D eigenvalue weighted by molar-refractivity contribution is -0.140. The molecule has 1 aromatic carbocycles. The van der Waals surface area contributed by atoms with Gasteiger partial charge in [-0.05, 0) is 37.3 Å². The molecular weight excluding hydrogens is 360 g/mol. The molecule has 2 amide bonds. The average molecular weight is 384 g/mol. The molecule has 0 atom stereocenters. The smallest absolute Gasteiger partial charge is 0.305 e. The lowest BCUT2D eigenvalue weighted by atomic mass is 10.2. The number of benzene rings is 1. The van der Waals surface area contributed by atoms with Crippen LogP contribution >= 0.6 is 0 Å². The standard InChI is InChI=1S/C21H24N2O5/c1-15-4-6-16(7-5-15)22-19(24)14-23(2)20(25)12-10-17-8-9-18(28-17)11-13-21(26)27-3/h4-10,12H,11,13-14H2,1-3H3,(H,22,24)/b12-10+. The van der Waals surface area contributed by atoms with Gasteiger partial charge in [0.05, 0.1) is 20.1 Å². The fourth-order valence-corrected chi connectivity index (χ4v) is 2.36. The van der Waals surface area contributed by atoms with Crippen LogP contribution in [0.15, 0.2) is 46.9 Å². The molecule has 2 aromatic rings. The van der Waals surface area contributed by atoms with Crippen LogP contribution in [0.25, 0.3) is 6.08 Å². The molecule has 1 aromatic heterocycles. The Morgan fingerprint density at radius 2 is 1.86 bits per heavy atom. The van der Waals surface area contributed by atoms with Gasteiger partial charge in [-0.15, -0.1) is 0 Å². The molecular formula is C21H24N2O5. The molecule has 0 unspecified atom stereocenters. The van der Waals surface area contributed by atoms with E-state index >= 15 is 0 Å². The molecule has 0 saturated heterocycles. The van der Waals surface area contributed by atoms with Crippen molar-refractivity contribution >= 4 is 29.5 Å². The number of hydrogen-bond acceptors (Lipinski definition) is 5. The van der Waals surface area contributed by atoms with Gasteiger partial charge in [0.15, 0.2) is 0 Å². The quantitative estimate of drug-likeness (QED) is 0.558. The highest BCUT2D eigenvalue weighted by Crippen LogP contribution is 2.12. The lowest BCUT2D eigenvalue weighted by Crippen LogP contribution is -2.33. The highest BCUT2D eigenvalue weighted by Gasteiger charge is 2.11. The second kappa shape index (κ2) is 10.1. The number of nitrogens with zero attached hydrogens (tertiary/aromatic N) is 1. The molecule has 0 fully saturated rings. The number of methoxy groups -OCH3 is 1. The van der Waals surface area contributed by atoms with Crippen molar-refractivity contribution in [3.8, 4) is 0 Å². The summed E-state index contributed by atoms with van der Waals surface area (Å²) in [4.78, 5) is 36.7. The zero-order valence-electron chi connectivity index (χ0n) is 16.2. The molecule has 7 nitrogen and oxygen atoms in total. The van der Waals surface area contributed by atoms with Gasteiger partial charge in [0.25, 0.3) is 0 Å². The fourth-order valence-electron chi connectivity index (χ4n) is 2.36. The van der Waals surface area contributed by atoms with Crippen molar-refractivity contribution in [1.82, 2.24) is 4.90 Å². The summed E-state index contributed by atoms with van der Waals surface area (Å²) in [6.07, 6.45) is 3.51. The Morgan fingerprint density at radius 3 is 2.54 bits per heavy atom. The van der Waals surface area contributed by atoms with Crippen LogP contribution in [0.1, 0.15) is 23.5 Å². The first-order valence-corrected chi connectivity index (χ1v) is 8.82. The Balaban J connectivity index is 1.82. The maximum Gasteiger partial charge on any atom is 0.305 e. The lowest BCUT2D eigenvalue weighted by Gasteiger charge is -2.14. The van der Waals surface area contributed by atoms with E-state index in [1.165, 1.54) is 24.2 Å². The van der Waals surface area contributed by atoms with Crippen molar-refractivity contribution in [1.29, 1.82) is 0 Å². The highest BCUT2D eigenvalue weighted by molar-refractivity contribution is 5.97. The summed E-state index contributed by atoms with van der Waals surface area (Å²) in [5.74, 6) is 0.200. The average Bonchev–Trinajstić information content (AvgIpc) is 3.13. The number of ether oxygens (including phenoxy) is 1. The van der Waals surface area contributed by atoms with E-state index in [1.807, 2.05) is 31.2 Å². The van der Waals surface area contributed by atoms with Crippen LogP contribution in [0.3, 0.4) is 0 Å². The van der Waals surface area contributed by atoms with E-state index in [9.17, 15) is 14.4 Å². The first kappa shape index (κ1) is 21.0. The number of carbonyl (C=O) groups excluding carboxylic acids is 3. The van der Waals surface area contributed by atoms with Crippen molar-refractivity contribution < 1.29 is 23.5 Å². The minimum absolute atomic E-state index is 0.0699. The predicted molar refractivity (Wildman–Crippen MR) is 106 cm³/mol. The molecule has 2 rings (SSSR count). The van der Waals surface area contributed by atoms with Gasteiger partial charge < -0.3 is 19.4 Å². The summed E-state index contributed by atoms with van der Waals surface area (Å²) >= 11 is 0. The van der Waals surface area contributed by atoms with Crippen LogP contribution in [0.5, 0.6) is 0 Å². The molecule has 0 spiro atoms. The Bertz CT molecular complexity index is 852. The van der Waals surface area contributed by atoms with Crippen molar-refractivity contribution in [2.45, 2.75) is 19.8 Å². The summed E-state index contributed by atoms with van der Waals surface area (Å²) in [5.41, 5.74) is 1.78. The number of amides is 2. The summed E-state index contributed by atoms with van der Waals surface area (Å²) in [5, 5.41) is 2.75. The number of carbonyl (C=O) groups is 3. The minimum Gasteiger partial charge on any atom is -0.469 e. The van der Waals surface area contributed by atoms with E-state index in [0.29, 0.717) is 23.6 Å². The molecule has 28 heavy (non-hydrogen) atoms. The SMILES string of the molecule is COC(=O)CCc1ccc(/C=C/C(=O)N(C)CC(=O)Nc2ccc(C)cc2)o1. The number of esters is 1. The van der Waals surface area contributed by atoms with Crippen LogP contribution in [-0.4, -0.2) is 43.4 Å². The molecule has 0 radical (unpaired) electrons. The summed E-state index contributed by atoms with van der Waals surface area (Å²) in [6.45, 7) is 1.89. The highest BCUT2D eigenvalue weighted by atomic mass is 16.5. The third-order valence-corrected chi connectivity index (χ3v) is 3.97. The van der Waals surface area contributed by atoms with E-state index in [0.717, 1.165) is 5.56 Å². The molecule has 0 saturated carbocycles. The third-order valence-electron chi connectivity index (χ3n) is 3.97. The van der Waals surface area contributed by atoms with Gasteiger partial charge in [0.2, 0.25) is 11.8 Å². The van der Waals surface area contributed by atoms with Crippen molar-refractivity contribution in [3.63, 3.8) is 0 Å². The molecule has 1 heterocycles. The van der Waals surface area contributed by atoms with E-state index in [4.69, 9.17) is 4.42 Å². The zero-order chi connectivity index (χ0) is 20.5. The Kier molecular flexibility index (Phi) is 7.56. The number of rotatable bonds is 8. The van der Waals surface area contributed by atoms with E-state index in [1.54, 1.807) is 19.2 Å². The molecule has 0 aliphatic carbocycles. The second-order valence-electron chi connectivity index (χ2n) is 6.32. The predicted octanol–water partition coefficient (Wildman–Crippen LogP) is 2.80. The van der Waals surface area contributed by atoms with Gasteiger partial charge in [-0.1, -0.05) is 17.7 Å². The van der Waals surface area contributed by atoms with Gasteiger partial charge in [-0.2, -0.15) is 0 Å². The molecule has 0 bridgehead atoms. The first-order valence-electron chi connectivity index (χ1n) is 8.82. The van der Waals surface area contributed by atoms with Crippen molar-refractivity contribution in [2.75, 3.05) is 26.0 Å². The Hall–Kier alpha value is -3.35. The third kappa shape index (κ3) is 6.75. The number of aryl methyl sites for hydroxylation is 2. The fraction of sp³-hybridized carbons (Fsp3) is 0.286. The molecule has 0 aliphatic rings. The number of anilines is 1. The largest absolute Gasteiger partial charge is 0.469 e. The summed E-state index contributed by atoms with van der Waals surface area (Å²) < 4.78 is 10.1. The Morgan fingerprint density at radius 1 is 1.14 bits per heavy atom. The topological polar surface area (TPSA) is 88.9 Å². The first-order chi connectivity index (χ1) is 13.4. The van der Waals surface area contributed by atoms with Gasteiger partial charge in [0.1, 0.15) is 11.5 Å². The van der Waals surface area contributed by atoms with Crippen molar-refractivity contribution in [3.05, 3.63) is 59.6 Å². The molecule has 1 N–H and O–H groups in total. The number of hydrogen-bond donors (Lipinski definition) is 1. The molecule has 148 valence electrons. The summed E-state index contributed by atoms with van der Waals surface area (Å²) in [7, 11) is 2.88. The maximum atomic E-state index is 12.2. The van der Waals surface area contributed by atoms with Gasteiger partial charge >= 0.3 is 5.97 Å². The number of nitrogens with one attached hydrogen (secondary N) is 1. The van der Waals surface area contributed by atoms with E-state index in [2.05, 4.69) is 10.1 Å². The van der Waals surface area contributed by atoms with Crippen LogP contribution < -0.4 is 5.32 Å². The normalized spacial score (nSPS) is 10.7. The van der Waals surface area contributed by atoms with Gasteiger partial charge in [-0.3, -0.25) is 14.4 Å². The zero-order valence-corrected chi connectivity index (χ0v) is 16.2. The second-order valence-corrected chi connectivity index (χ2v) is 6.32. The van der Waals surface area contributed by atoms with Gasteiger partial charge in [0, 0.05) is 25.2 Å². The van der Waals surface area contributed by atoms with E-state index < -0.39 is 0 Å². The molecule has 0 aliphatic heterocycles. The van der Waals surface area contributed by atoms with Crippen molar-refractivity contribution in [2.24, 2.45) is 0 Å². The minimum atomic E-state index is -0.327. The van der Waals surface area contributed by atoms with Gasteiger partial charge in [-0.25, -0.2) is 0 Å². The monoisotopic (exact) mass is 384 g/mol. The van der Waals surface area contributed by atoms with Crippen LogP contribution in [-0.2, 0) is 25.5 Å². The van der Waals surface area contributed by atoms with E-state index in [-0.39, 0.29) is 30.7 Å². The van der Waals surface area contributed by atoms with Crippen LogP contribution in [0.2, 0.25) is 0 Å². The summed E-state index contributed by atoms with van der Waals surface area (Å²) in [6, 6.07) is 10.9. The number of furan rings is 1. The van der Waals surface area contributed by atoms with Crippen LogP contribution in [0, 0.1) is 6.92 Å². The molecule has 7 heteroatoms.